The summed E-state index contributed by atoms with van der Waals surface area (Å²) in [5, 5.41) is 5.20. The number of fused-ring (bicyclic) bond motifs is 1. The number of nitrogens with zero attached hydrogens (tertiary/aromatic N) is 3. The molecule has 1 aromatic heterocycles. The third kappa shape index (κ3) is 6.16. The van der Waals surface area contributed by atoms with Crippen molar-refractivity contribution in [2.45, 2.75) is 60.0 Å². The van der Waals surface area contributed by atoms with Gasteiger partial charge in [0.2, 0.25) is 0 Å². The molecule has 4 rings (SSSR count). The van der Waals surface area contributed by atoms with Crippen LogP contribution < -0.4 is 19.8 Å². The minimum absolute atomic E-state index is 0.0560. The molecule has 210 valence electrons. The molecule has 0 aliphatic heterocycles. The van der Waals surface area contributed by atoms with E-state index in [1.165, 1.54) is 4.68 Å². The van der Waals surface area contributed by atoms with Crippen LogP contribution in [0.25, 0.3) is 22.3 Å². The van der Waals surface area contributed by atoms with E-state index in [-0.39, 0.29) is 17.6 Å². The van der Waals surface area contributed by atoms with E-state index in [1.54, 1.807) is 19.4 Å². The lowest BCUT2D eigenvalue weighted by Crippen LogP contribution is -2.21. The van der Waals surface area contributed by atoms with Crippen LogP contribution in [0.1, 0.15) is 63.6 Å². The van der Waals surface area contributed by atoms with Gasteiger partial charge in [-0.3, -0.25) is 4.79 Å². The van der Waals surface area contributed by atoms with Gasteiger partial charge < -0.3 is 14.2 Å². The molecule has 0 N–H and O–H groups in total. The van der Waals surface area contributed by atoms with Gasteiger partial charge in [-0.1, -0.05) is 32.9 Å². The Bertz CT molecular complexity index is 1610. The number of ether oxygens (including phenoxy) is 3. The maximum atomic E-state index is 13.8. The van der Waals surface area contributed by atoms with Crippen molar-refractivity contribution < 1.29 is 14.2 Å². The monoisotopic (exact) mass is 653 g/mol. The van der Waals surface area contributed by atoms with Gasteiger partial charge in [0, 0.05) is 5.56 Å². The van der Waals surface area contributed by atoms with Crippen molar-refractivity contribution in [2.75, 3.05) is 13.7 Å². The Morgan fingerprint density at radius 1 is 1.07 bits per heavy atom. The molecule has 0 aliphatic rings. The van der Waals surface area contributed by atoms with Crippen LogP contribution in [0.15, 0.2) is 58.4 Å². The zero-order valence-electron chi connectivity index (χ0n) is 24.1. The second-order valence-corrected chi connectivity index (χ2v) is 11.1. The first-order valence-electron chi connectivity index (χ1n) is 13.6. The molecular weight excluding hydrogens is 617 g/mol. The second kappa shape index (κ2) is 12.8. The number of methoxy groups -OCH3 is 1. The number of rotatable bonds is 10. The van der Waals surface area contributed by atoms with Gasteiger partial charge in [-0.15, -0.1) is 0 Å². The van der Waals surface area contributed by atoms with E-state index in [2.05, 4.69) is 49.4 Å². The minimum atomic E-state index is -0.241. The summed E-state index contributed by atoms with van der Waals surface area (Å²) in [5.41, 5.74) is 3.96. The van der Waals surface area contributed by atoms with Gasteiger partial charge >= 0.3 is 0 Å². The average Bonchev–Trinajstić information content (AvgIpc) is 2.94. The molecule has 0 aliphatic carbocycles. The third-order valence-electron chi connectivity index (χ3n) is 6.74. The first kappa shape index (κ1) is 29.6. The van der Waals surface area contributed by atoms with Crippen LogP contribution in [-0.2, 0) is 0 Å². The van der Waals surface area contributed by atoms with Gasteiger partial charge in [-0.05, 0) is 109 Å². The zero-order valence-corrected chi connectivity index (χ0v) is 26.3. The smallest absolute Gasteiger partial charge is 0.282 e. The number of aromatic nitrogens is 2. The van der Waals surface area contributed by atoms with E-state index in [0.717, 1.165) is 38.0 Å². The molecule has 4 aromatic rings. The summed E-state index contributed by atoms with van der Waals surface area (Å²) in [6.07, 6.45) is 2.61. The van der Waals surface area contributed by atoms with Crippen LogP contribution in [0.3, 0.4) is 0 Å². The standard InChI is InChI=1S/C32H36IN3O4/c1-8-21(6)40-30-26(33)15-22(16-29(30)39-9-2)18-34-36-31(35-27-13-11-10-12-23(27)32(36)37)25-17-24(19(3)4)28(38-7)14-20(25)5/h10-19,21H,8-9H2,1-7H3/t21-/m0/s1. The number of para-hydroxylation sites is 1. The Morgan fingerprint density at radius 2 is 1.82 bits per heavy atom. The zero-order chi connectivity index (χ0) is 29.0. The molecule has 0 amide bonds. The lowest BCUT2D eigenvalue weighted by Gasteiger charge is -2.18. The van der Waals surface area contributed by atoms with Crippen LogP contribution in [-0.4, -0.2) is 35.7 Å². The lowest BCUT2D eigenvalue weighted by molar-refractivity contribution is 0.201. The molecule has 0 spiro atoms. The molecule has 3 aromatic carbocycles. The largest absolute Gasteiger partial charge is 0.496 e. The van der Waals surface area contributed by atoms with Gasteiger partial charge in [0.25, 0.3) is 5.56 Å². The fourth-order valence-corrected chi connectivity index (χ4v) is 5.17. The number of halogens is 1. The SMILES string of the molecule is CCOc1cc(C=Nn2c(-c3cc(C(C)C)c(OC)cc3C)nc3ccccc3c2=O)cc(I)c1O[C@@H](C)CC. The molecular formula is C32H36IN3O4. The van der Waals surface area contributed by atoms with Gasteiger partial charge in [0.05, 0.1) is 40.5 Å². The molecule has 1 heterocycles. The summed E-state index contributed by atoms with van der Waals surface area (Å²) in [6.45, 7) is 12.8. The topological polar surface area (TPSA) is 74.9 Å². The molecule has 0 bridgehead atoms. The Morgan fingerprint density at radius 3 is 2.50 bits per heavy atom. The van der Waals surface area contributed by atoms with Gasteiger partial charge in [0.15, 0.2) is 17.3 Å². The normalized spacial score (nSPS) is 12.3. The van der Waals surface area contributed by atoms with Crippen molar-refractivity contribution in [1.82, 2.24) is 9.66 Å². The molecule has 1 atom stereocenters. The van der Waals surface area contributed by atoms with Crippen LogP contribution >= 0.6 is 22.6 Å². The maximum Gasteiger partial charge on any atom is 0.282 e. The van der Waals surface area contributed by atoms with Crippen molar-refractivity contribution in [3.8, 4) is 28.6 Å². The van der Waals surface area contributed by atoms with Crippen molar-refractivity contribution in [3.63, 3.8) is 0 Å². The summed E-state index contributed by atoms with van der Waals surface area (Å²) >= 11 is 2.25. The Kier molecular flexibility index (Phi) is 9.50. The van der Waals surface area contributed by atoms with Gasteiger partial charge in [0.1, 0.15) is 5.75 Å². The van der Waals surface area contributed by atoms with Crippen molar-refractivity contribution in [1.29, 1.82) is 0 Å². The molecule has 0 radical (unpaired) electrons. The summed E-state index contributed by atoms with van der Waals surface area (Å²) in [6, 6.07) is 15.3. The second-order valence-electron chi connectivity index (χ2n) is 9.98. The van der Waals surface area contributed by atoms with Crippen LogP contribution in [0.4, 0.5) is 0 Å². The van der Waals surface area contributed by atoms with Crippen molar-refractivity contribution in [3.05, 3.63) is 79.1 Å². The quantitative estimate of drug-likeness (QED) is 0.130. The Labute approximate surface area is 249 Å². The first-order valence-corrected chi connectivity index (χ1v) is 14.6. The highest BCUT2D eigenvalue weighted by molar-refractivity contribution is 14.1. The van der Waals surface area contributed by atoms with Crippen molar-refractivity contribution in [2.24, 2.45) is 5.10 Å². The molecule has 8 heteroatoms. The van der Waals surface area contributed by atoms with E-state index in [0.29, 0.717) is 34.8 Å². The molecule has 40 heavy (non-hydrogen) atoms. The highest BCUT2D eigenvalue weighted by Crippen LogP contribution is 2.36. The van der Waals surface area contributed by atoms with E-state index >= 15 is 0 Å². The van der Waals surface area contributed by atoms with E-state index < -0.39 is 0 Å². The van der Waals surface area contributed by atoms with Crippen molar-refractivity contribution >= 4 is 39.7 Å². The summed E-state index contributed by atoms with van der Waals surface area (Å²) in [7, 11) is 1.67. The number of benzene rings is 3. The molecule has 0 fully saturated rings. The summed E-state index contributed by atoms with van der Waals surface area (Å²) < 4.78 is 20.0. The molecule has 0 unspecified atom stereocenters. The number of aryl methyl sites for hydroxylation is 1. The average molecular weight is 654 g/mol. The number of hydrogen-bond donors (Lipinski definition) is 0. The Balaban J connectivity index is 1.91. The van der Waals surface area contributed by atoms with Crippen LogP contribution in [0, 0.1) is 10.5 Å². The minimum Gasteiger partial charge on any atom is -0.496 e. The first-order chi connectivity index (χ1) is 19.2. The van der Waals surface area contributed by atoms with Crippen LogP contribution in [0.5, 0.6) is 17.2 Å². The fraction of sp³-hybridized carbons (Fsp3) is 0.344. The summed E-state index contributed by atoms with van der Waals surface area (Å²) in [5.74, 6) is 2.86. The highest BCUT2D eigenvalue weighted by atomic mass is 127. The predicted molar refractivity (Wildman–Crippen MR) is 171 cm³/mol. The third-order valence-corrected chi connectivity index (χ3v) is 7.54. The predicted octanol–water partition coefficient (Wildman–Crippen LogP) is 7.57. The van der Waals surface area contributed by atoms with E-state index in [1.807, 2.05) is 57.2 Å². The van der Waals surface area contributed by atoms with Crippen LogP contribution in [0.2, 0.25) is 0 Å². The van der Waals surface area contributed by atoms with Gasteiger partial charge in [-0.25, -0.2) is 4.98 Å². The lowest BCUT2D eigenvalue weighted by atomic mass is 9.96. The fourth-order valence-electron chi connectivity index (χ4n) is 4.42. The molecule has 7 nitrogen and oxygen atoms in total. The highest BCUT2D eigenvalue weighted by Gasteiger charge is 2.19. The molecule has 0 saturated heterocycles. The maximum absolute atomic E-state index is 13.8. The van der Waals surface area contributed by atoms with E-state index in [9.17, 15) is 4.79 Å². The van der Waals surface area contributed by atoms with E-state index in [4.69, 9.17) is 24.3 Å². The Hall–Kier alpha value is -3.40. The number of hydrogen-bond acceptors (Lipinski definition) is 6. The summed E-state index contributed by atoms with van der Waals surface area (Å²) in [4.78, 5) is 18.7. The van der Waals surface area contributed by atoms with Gasteiger partial charge in [-0.2, -0.15) is 9.78 Å². The molecule has 0 saturated carbocycles.